The molecule has 0 rings (SSSR count). The van der Waals surface area contributed by atoms with Crippen molar-refractivity contribution in [3.8, 4) is 0 Å². The van der Waals surface area contributed by atoms with Gasteiger partial charge in [0, 0.05) is 6.54 Å². The number of nitrogens with one attached hydrogen (secondary N) is 1. The topological polar surface area (TPSA) is 46.2 Å². The lowest BCUT2D eigenvalue weighted by Crippen LogP contribution is -2.36. The molecule has 0 spiro atoms. The molecular formula is C10H23NO2S. The Labute approximate surface area is 88.2 Å². The van der Waals surface area contributed by atoms with Crippen LogP contribution in [0, 0.1) is 5.92 Å². The van der Waals surface area contributed by atoms with Gasteiger partial charge in [0.25, 0.3) is 0 Å². The van der Waals surface area contributed by atoms with Gasteiger partial charge in [-0.25, -0.2) is 8.42 Å². The maximum Gasteiger partial charge on any atom is 0.156 e. The molecule has 0 heterocycles. The van der Waals surface area contributed by atoms with E-state index in [-0.39, 0.29) is 10.5 Å². The molecule has 0 aromatic heterocycles. The molecule has 0 aromatic rings. The first-order chi connectivity index (χ1) is 6.28. The molecule has 0 radical (unpaired) electrons. The van der Waals surface area contributed by atoms with Crippen molar-refractivity contribution in [1.29, 1.82) is 0 Å². The molecule has 0 fully saturated rings. The fourth-order valence-corrected chi connectivity index (χ4v) is 2.44. The summed E-state index contributed by atoms with van der Waals surface area (Å²) in [4.78, 5) is 0. The first kappa shape index (κ1) is 13.9. The van der Waals surface area contributed by atoms with Crippen molar-refractivity contribution < 1.29 is 8.42 Å². The zero-order valence-corrected chi connectivity index (χ0v) is 10.7. The van der Waals surface area contributed by atoms with Gasteiger partial charge in [0.05, 0.1) is 10.5 Å². The normalized spacial score (nSPS) is 15.1. The zero-order valence-electron chi connectivity index (χ0n) is 9.87. The van der Waals surface area contributed by atoms with E-state index < -0.39 is 9.84 Å². The smallest absolute Gasteiger partial charge is 0.156 e. The van der Waals surface area contributed by atoms with E-state index in [0.29, 0.717) is 12.5 Å². The lowest BCUT2D eigenvalue weighted by molar-refractivity contribution is 0.532. The van der Waals surface area contributed by atoms with Crippen molar-refractivity contribution >= 4 is 9.84 Å². The summed E-state index contributed by atoms with van der Waals surface area (Å²) >= 11 is 0. The molecule has 1 N–H and O–H groups in total. The second-order valence-corrected chi connectivity index (χ2v) is 7.43. The van der Waals surface area contributed by atoms with Crippen LogP contribution in [0.15, 0.2) is 0 Å². The summed E-state index contributed by atoms with van der Waals surface area (Å²) < 4.78 is 23.3. The van der Waals surface area contributed by atoms with Gasteiger partial charge in [0.1, 0.15) is 0 Å². The quantitative estimate of drug-likeness (QED) is 0.738. The molecule has 1 unspecified atom stereocenters. The maximum absolute atomic E-state index is 11.7. The van der Waals surface area contributed by atoms with E-state index in [1.54, 1.807) is 20.8 Å². The van der Waals surface area contributed by atoms with Crippen LogP contribution in [0.5, 0.6) is 0 Å². The van der Waals surface area contributed by atoms with Gasteiger partial charge in [-0.05, 0) is 33.2 Å². The predicted molar refractivity (Wildman–Crippen MR) is 61.2 cm³/mol. The van der Waals surface area contributed by atoms with Gasteiger partial charge in [-0.3, -0.25) is 0 Å². The number of rotatable bonds is 6. The van der Waals surface area contributed by atoms with Gasteiger partial charge >= 0.3 is 0 Å². The van der Waals surface area contributed by atoms with Crippen LogP contribution in [0.3, 0.4) is 0 Å². The summed E-state index contributed by atoms with van der Waals surface area (Å²) in [6, 6.07) is 0. The Morgan fingerprint density at radius 3 is 1.86 bits per heavy atom. The SMILES string of the molecule is CC(C)CNCC(C)S(=O)(=O)C(C)C. The molecule has 86 valence electrons. The van der Waals surface area contributed by atoms with Crippen LogP contribution in [0.1, 0.15) is 34.6 Å². The number of sulfone groups is 1. The predicted octanol–water partition coefficient (Wildman–Crippen LogP) is 1.44. The van der Waals surface area contributed by atoms with Gasteiger partial charge < -0.3 is 5.32 Å². The summed E-state index contributed by atoms with van der Waals surface area (Å²) in [6.07, 6.45) is 0. The van der Waals surface area contributed by atoms with E-state index in [1.807, 2.05) is 0 Å². The first-order valence-corrected chi connectivity index (χ1v) is 6.82. The van der Waals surface area contributed by atoms with Crippen LogP contribution >= 0.6 is 0 Å². The van der Waals surface area contributed by atoms with Crippen molar-refractivity contribution in [2.75, 3.05) is 13.1 Å². The Morgan fingerprint density at radius 1 is 1.00 bits per heavy atom. The molecule has 0 aliphatic carbocycles. The van der Waals surface area contributed by atoms with Crippen LogP contribution in [0.2, 0.25) is 0 Å². The van der Waals surface area contributed by atoms with Crippen LogP contribution in [-0.2, 0) is 9.84 Å². The Hall–Kier alpha value is -0.0900. The highest BCUT2D eigenvalue weighted by atomic mass is 32.2. The van der Waals surface area contributed by atoms with E-state index in [2.05, 4.69) is 19.2 Å². The molecule has 0 saturated carbocycles. The minimum Gasteiger partial charge on any atom is -0.315 e. The molecule has 1 atom stereocenters. The van der Waals surface area contributed by atoms with E-state index in [4.69, 9.17) is 0 Å². The van der Waals surface area contributed by atoms with E-state index in [9.17, 15) is 8.42 Å². The molecule has 0 aliphatic rings. The summed E-state index contributed by atoms with van der Waals surface area (Å²) in [5.41, 5.74) is 0. The fraction of sp³-hybridized carbons (Fsp3) is 1.00. The molecule has 0 amide bonds. The largest absolute Gasteiger partial charge is 0.315 e. The second-order valence-electron chi connectivity index (χ2n) is 4.50. The minimum absolute atomic E-state index is 0.279. The summed E-state index contributed by atoms with van der Waals surface area (Å²) in [5, 5.41) is 2.60. The third-order valence-electron chi connectivity index (χ3n) is 2.20. The molecule has 14 heavy (non-hydrogen) atoms. The minimum atomic E-state index is -2.94. The third kappa shape index (κ3) is 4.42. The van der Waals surface area contributed by atoms with E-state index >= 15 is 0 Å². The van der Waals surface area contributed by atoms with Crippen LogP contribution in [-0.4, -0.2) is 32.0 Å². The van der Waals surface area contributed by atoms with Crippen molar-refractivity contribution in [3.05, 3.63) is 0 Å². The molecule has 4 heteroatoms. The highest BCUT2D eigenvalue weighted by Gasteiger charge is 2.23. The Balaban J connectivity index is 4.03. The van der Waals surface area contributed by atoms with Gasteiger partial charge in [0.2, 0.25) is 0 Å². The summed E-state index contributed by atoms with van der Waals surface area (Å²) in [5.74, 6) is 0.559. The van der Waals surface area contributed by atoms with Gasteiger partial charge in [-0.15, -0.1) is 0 Å². The van der Waals surface area contributed by atoms with Crippen LogP contribution < -0.4 is 5.32 Å². The second kappa shape index (κ2) is 5.71. The fourth-order valence-electron chi connectivity index (χ4n) is 1.16. The molecule has 0 aromatic carbocycles. The number of hydrogen-bond acceptors (Lipinski definition) is 3. The van der Waals surface area contributed by atoms with Crippen LogP contribution in [0.4, 0.5) is 0 Å². The lowest BCUT2D eigenvalue weighted by Gasteiger charge is -2.17. The average molecular weight is 221 g/mol. The maximum atomic E-state index is 11.7. The molecule has 0 bridgehead atoms. The highest BCUT2D eigenvalue weighted by Crippen LogP contribution is 2.07. The van der Waals surface area contributed by atoms with Gasteiger partial charge in [-0.1, -0.05) is 13.8 Å². The van der Waals surface area contributed by atoms with Gasteiger partial charge in [0.15, 0.2) is 9.84 Å². The number of hydrogen-bond donors (Lipinski definition) is 1. The van der Waals surface area contributed by atoms with Crippen molar-refractivity contribution in [1.82, 2.24) is 5.32 Å². The Morgan fingerprint density at radius 2 is 1.50 bits per heavy atom. The van der Waals surface area contributed by atoms with E-state index in [1.165, 1.54) is 0 Å². The van der Waals surface area contributed by atoms with E-state index in [0.717, 1.165) is 6.54 Å². The molecule has 3 nitrogen and oxygen atoms in total. The van der Waals surface area contributed by atoms with Gasteiger partial charge in [-0.2, -0.15) is 0 Å². The Bertz CT molecular complexity index is 245. The van der Waals surface area contributed by atoms with Crippen molar-refractivity contribution in [3.63, 3.8) is 0 Å². The summed E-state index contributed by atoms with van der Waals surface area (Å²) in [6.45, 7) is 10.9. The lowest BCUT2D eigenvalue weighted by atomic mass is 10.2. The molecular weight excluding hydrogens is 198 g/mol. The standard InChI is InChI=1S/C10H23NO2S/c1-8(2)6-11-7-10(5)14(12,13)9(3)4/h8-11H,6-7H2,1-5H3. The average Bonchev–Trinajstić information content (AvgIpc) is 2.02. The summed E-state index contributed by atoms with van der Waals surface area (Å²) in [7, 11) is -2.94. The van der Waals surface area contributed by atoms with Crippen molar-refractivity contribution in [2.45, 2.75) is 45.1 Å². The molecule has 0 saturated heterocycles. The van der Waals surface area contributed by atoms with Crippen molar-refractivity contribution in [2.24, 2.45) is 5.92 Å². The zero-order chi connectivity index (χ0) is 11.4. The molecule has 0 aliphatic heterocycles. The van der Waals surface area contributed by atoms with Crippen LogP contribution in [0.25, 0.3) is 0 Å². The highest BCUT2D eigenvalue weighted by molar-refractivity contribution is 7.92. The monoisotopic (exact) mass is 221 g/mol. The third-order valence-corrected chi connectivity index (χ3v) is 4.80. The first-order valence-electron chi connectivity index (χ1n) is 5.22. The Kier molecular flexibility index (Phi) is 5.67.